The quantitative estimate of drug-likeness (QED) is 0.834. The largest absolute Gasteiger partial charge is 0.317 e. The Balaban J connectivity index is 1.78. The van der Waals surface area contributed by atoms with Gasteiger partial charge in [0.1, 0.15) is 5.82 Å². The molecule has 0 aliphatic carbocycles. The third-order valence-electron chi connectivity index (χ3n) is 3.57. The summed E-state index contributed by atoms with van der Waals surface area (Å²) in [6.07, 6.45) is 1.74. The van der Waals surface area contributed by atoms with Gasteiger partial charge in [-0.15, -0.1) is 0 Å². The Labute approximate surface area is 117 Å². The maximum absolute atomic E-state index is 12.7. The van der Waals surface area contributed by atoms with E-state index in [2.05, 4.69) is 10.0 Å². The van der Waals surface area contributed by atoms with E-state index in [9.17, 15) is 9.18 Å². The first-order chi connectivity index (χ1) is 9.10. The van der Waals surface area contributed by atoms with Crippen LogP contribution in [0.25, 0.3) is 0 Å². The molecule has 2 N–H and O–H groups in total. The number of amides is 1. The van der Waals surface area contributed by atoms with Crippen molar-refractivity contribution in [2.75, 3.05) is 13.1 Å². The fraction of sp³-hybridized carbons (Fsp3) is 0.500. The molecule has 0 unspecified atom stereocenters. The highest BCUT2D eigenvalue weighted by Gasteiger charge is 2.34. The molecule has 1 aliphatic rings. The molecule has 1 heterocycles. The monoisotopic (exact) mass is 282 g/mol. The van der Waals surface area contributed by atoms with Crippen molar-refractivity contribution in [3.05, 3.63) is 35.6 Å². The lowest BCUT2D eigenvalue weighted by Gasteiger charge is -2.32. The molecule has 1 aromatic rings. The van der Waals surface area contributed by atoms with Gasteiger partial charge in [-0.2, -0.15) is 0 Å². The first-order valence-electron chi connectivity index (χ1n) is 6.48. The van der Waals surface area contributed by atoms with Crippen molar-refractivity contribution in [3.8, 4) is 0 Å². The number of nitrogens with one attached hydrogen (secondary N) is 2. The standard InChI is InChI=1S/C14H19FN2OS/c1-14(6-8-16-9-7-14)13(18)17-19-10-11-2-4-12(15)5-3-11/h2-5,16H,6-10H2,1H3,(H,17,18). The summed E-state index contributed by atoms with van der Waals surface area (Å²) in [5, 5.41) is 3.26. The topological polar surface area (TPSA) is 41.1 Å². The molecule has 1 saturated heterocycles. The van der Waals surface area contributed by atoms with Crippen molar-refractivity contribution in [2.24, 2.45) is 5.41 Å². The zero-order valence-corrected chi connectivity index (χ0v) is 11.9. The lowest BCUT2D eigenvalue weighted by Crippen LogP contribution is -2.44. The average molecular weight is 282 g/mol. The maximum Gasteiger partial charge on any atom is 0.235 e. The molecule has 0 saturated carbocycles. The minimum absolute atomic E-state index is 0.0983. The molecule has 2 rings (SSSR count). The molecule has 5 heteroatoms. The number of halogens is 1. The summed E-state index contributed by atoms with van der Waals surface area (Å²) in [4.78, 5) is 12.1. The molecule has 0 radical (unpaired) electrons. The summed E-state index contributed by atoms with van der Waals surface area (Å²) in [7, 11) is 0. The van der Waals surface area contributed by atoms with Gasteiger partial charge in [-0.3, -0.25) is 9.52 Å². The van der Waals surface area contributed by atoms with Crippen LogP contribution in [0, 0.1) is 11.2 Å². The molecule has 1 fully saturated rings. The first-order valence-corrected chi connectivity index (χ1v) is 7.46. The van der Waals surface area contributed by atoms with E-state index in [0.29, 0.717) is 5.75 Å². The van der Waals surface area contributed by atoms with Crippen LogP contribution in [0.4, 0.5) is 4.39 Å². The zero-order chi connectivity index (χ0) is 13.7. The number of carbonyl (C=O) groups is 1. The molecule has 0 aromatic heterocycles. The van der Waals surface area contributed by atoms with Crippen LogP contribution in [0.1, 0.15) is 25.3 Å². The second kappa shape index (κ2) is 6.39. The first kappa shape index (κ1) is 14.3. The molecule has 1 aliphatic heterocycles. The predicted molar refractivity (Wildman–Crippen MR) is 76.0 cm³/mol. The fourth-order valence-electron chi connectivity index (χ4n) is 2.09. The summed E-state index contributed by atoms with van der Waals surface area (Å²) < 4.78 is 15.7. The summed E-state index contributed by atoms with van der Waals surface area (Å²) in [5.41, 5.74) is 0.739. The lowest BCUT2D eigenvalue weighted by molar-refractivity contribution is -0.129. The van der Waals surface area contributed by atoms with Crippen molar-refractivity contribution in [1.82, 2.24) is 10.0 Å². The van der Waals surface area contributed by atoms with Gasteiger partial charge in [0.2, 0.25) is 5.91 Å². The SMILES string of the molecule is CC1(C(=O)NSCc2ccc(F)cc2)CCNCC1. The van der Waals surface area contributed by atoms with E-state index in [1.807, 2.05) is 6.92 Å². The number of hydrogen-bond donors (Lipinski definition) is 2. The van der Waals surface area contributed by atoms with E-state index < -0.39 is 0 Å². The van der Waals surface area contributed by atoms with Crippen molar-refractivity contribution < 1.29 is 9.18 Å². The van der Waals surface area contributed by atoms with Gasteiger partial charge in [0.25, 0.3) is 0 Å². The lowest BCUT2D eigenvalue weighted by atomic mass is 9.80. The Morgan fingerprint density at radius 1 is 1.37 bits per heavy atom. The summed E-state index contributed by atoms with van der Waals surface area (Å²) in [6.45, 7) is 3.81. The van der Waals surface area contributed by atoms with Crippen LogP contribution in [0.2, 0.25) is 0 Å². The van der Waals surface area contributed by atoms with Crippen LogP contribution in [0.5, 0.6) is 0 Å². The second-order valence-corrected chi connectivity index (χ2v) is 5.94. The molecule has 0 atom stereocenters. The number of rotatable bonds is 4. The van der Waals surface area contributed by atoms with Crippen molar-refractivity contribution >= 4 is 17.9 Å². The second-order valence-electron chi connectivity index (χ2n) is 5.16. The Hall–Kier alpha value is -1.07. The van der Waals surface area contributed by atoms with Gasteiger partial charge < -0.3 is 5.32 Å². The van der Waals surface area contributed by atoms with Crippen molar-refractivity contribution in [2.45, 2.75) is 25.5 Å². The highest BCUT2D eigenvalue weighted by molar-refractivity contribution is 7.97. The van der Waals surface area contributed by atoms with Gasteiger partial charge in [0.05, 0.1) is 0 Å². The number of hydrogen-bond acceptors (Lipinski definition) is 3. The highest BCUT2D eigenvalue weighted by atomic mass is 32.2. The normalized spacial score (nSPS) is 18.0. The van der Waals surface area contributed by atoms with E-state index >= 15 is 0 Å². The van der Waals surface area contributed by atoms with Crippen LogP contribution < -0.4 is 10.0 Å². The smallest absolute Gasteiger partial charge is 0.235 e. The van der Waals surface area contributed by atoms with E-state index in [-0.39, 0.29) is 17.1 Å². The van der Waals surface area contributed by atoms with E-state index in [1.54, 1.807) is 12.1 Å². The van der Waals surface area contributed by atoms with Gasteiger partial charge in [0.15, 0.2) is 0 Å². The minimum atomic E-state index is -0.263. The van der Waals surface area contributed by atoms with Crippen molar-refractivity contribution in [3.63, 3.8) is 0 Å². The van der Waals surface area contributed by atoms with Crippen LogP contribution in [-0.4, -0.2) is 19.0 Å². The zero-order valence-electron chi connectivity index (χ0n) is 11.0. The van der Waals surface area contributed by atoms with E-state index in [4.69, 9.17) is 0 Å². The maximum atomic E-state index is 12.7. The van der Waals surface area contributed by atoms with Gasteiger partial charge >= 0.3 is 0 Å². The van der Waals surface area contributed by atoms with Gasteiger partial charge in [-0.25, -0.2) is 4.39 Å². The third kappa shape index (κ3) is 3.94. The third-order valence-corrected chi connectivity index (χ3v) is 4.38. The molecule has 19 heavy (non-hydrogen) atoms. The fourth-order valence-corrected chi connectivity index (χ4v) is 2.90. The molecular formula is C14H19FN2OS. The molecule has 1 aromatic carbocycles. The number of benzene rings is 1. The number of piperidine rings is 1. The van der Waals surface area contributed by atoms with Gasteiger partial charge in [0, 0.05) is 11.2 Å². The predicted octanol–water partition coefficient (Wildman–Crippen LogP) is 2.48. The molecule has 3 nitrogen and oxygen atoms in total. The Kier molecular flexibility index (Phi) is 4.82. The minimum Gasteiger partial charge on any atom is -0.317 e. The molecule has 0 spiro atoms. The average Bonchev–Trinajstić information content (AvgIpc) is 2.42. The summed E-state index contributed by atoms with van der Waals surface area (Å²) in [6, 6.07) is 6.35. The Bertz CT molecular complexity index is 430. The number of carbonyl (C=O) groups excluding carboxylic acids is 1. The molecular weight excluding hydrogens is 263 g/mol. The molecule has 104 valence electrons. The van der Waals surface area contributed by atoms with Crippen LogP contribution in [0.15, 0.2) is 24.3 Å². The van der Waals surface area contributed by atoms with Gasteiger partial charge in [-0.05, 0) is 55.6 Å². The van der Waals surface area contributed by atoms with Gasteiger partial charge in [-0.1, -0.05) is 19.1 Å². The van der Waals surface area contributed by atoms with Crippen LogP contribution in [0.3, 0.4) is 0 Å². The van der Waals surface area contributed by atoms with E-state index in [0.717, 1.165) is 31.5 Å². The Morgan fingerprint density at radius 3 is 2.63 bits per heavy atom. The summed E-state index contributed by atoms with van der Waals surface area (Å²) >= 11 is 1.37. The highest BCUT2D eigenvalue weighted by Crippen LogP contribution is 2.28. The van der Waals surface area contributed by atoms with E-state index in [1.165, 1.54) is 24.1 Å². The van der Waals surface area contributed by atoms with Crippen molar-refractivity contribution in [1.29, 1.82) is 0 Å². The Morgan fingerprint density at radius 2 is 2.00 bits per heavy atom. The van der Waals surface area contributed by atoms with Crippen LogP contribution >= 0.6 is 11.9 Å². The molecule has 1 amide bonds. The summed E-state index contributed by atoms with van der Waals surface area (Å²) in [5.74, 6) is 0.515. The molecule has 0 bridgehead atoms. The van der Waals surface area contributed by atoms with Crippen LogP contribution in [-0.2, 0) is 10.5 Å².